The summed E-state index contributed by atoms with van der Waals surface area (Å²) in [7, 11) is 0. The Bertz CT molecular complexity index is 598. The van der Waals surface area contributed by atoms with Crippen LogP contribution in [0.3, 0.4) is 0 Å². The van der Waals surface area contributed by atoms with E-state index < -0.39 is 0 Å². The standard InChI is InChI=1S/C15H18N2O3S/c1-10-7-17(8-11(2)20-10)14(18)6-12-9-21-15(16-12)13-4-3-5-19-13/h3-5,9-11H,6-8H2,1-2H3/t10-,11-/m1/s1. The molecule has 3 heterocycles. The minimum Gasteiger partial charge on any atom is -0.462 e. The van der Waals surface area contributed by atoms with Crippen molar-refractivity contribution < 1.29 is 13.9 Å². The number of morpholine rings is 1. The first-order chi connectivity index (χ1) is 10.1. The highest BCUT2D eigenvalue weighted by Crippen LogP contribution is 2.24. The number of furan rings is 1. The van der Waals surface area contributed by atoms with E-state index in [4.69, 9.17) is 9.15 Å². The van der Waals surface area contributed by atoms with Crippen LogP contribution < -0.4 is 0 Å². The maximum atomic E-state index is 12.4. The number of ether oxygens (including phenoxy) is 1. The topological polar surface area (TPSA) is 55.6 Å². The van der Waals surface area contributed by atoms with Crippen LogP contribution in [0.25, 0.3) is 10.8 Å². The van der Waals surface area contributed by atoms with E-state index in [9.17, 15) is 4.79 Å². The predicted octanol–water partition coefficient (Wildman–Crippen LogP) is 2.58. The van der Waals surface area contributed by atoms with E-state index in [1.807, 2.05) is 36.3 Å². The molecular formula is C15H18N2O3S. The second-order valence-corrected chi connectivity index (χ2v) is 6.21. The summed E-state index contributed by atoms with van der Waals surface area (Å²) in [5, 5.41) is 2.73. The number of carbonyl (C=O) groups excluding carboxylic acids is 1. The quantitative estimate of drug-likeness (QED) is 0.874. The fourth-order valence-electron chi connectivity index (χ4n) is 2.55. The van der Waals surface area contributed by atoms with Crippen molar-refractivity contribution in [1.29, 1.82) is 0 Å². The van der Waals surface area contributed by atoms with Crippen molar-refractivity contribution >= 4 is 17.2 Å². The van der Waals surface area contributed by atoms with E-state index >= 15 is 0 Å². The second-order valence-electron chi connectivity index (χ2n) is 5.35. The molecule has 0 bridgehead atoms. The van der Waals surface area contributed by atoms with Gasteiger partial charge in [0.1, 0.15) is 0 Å². The zero-order valence-electron chi connectivity index (χ0n) is 12.1. The molecule has 0 radical (unpaired) electrons. The number of thiazole rings is 1. The molecule has 0 spiro atoms. The first-order valence-electron chi connectivity index (χ1n) is 7.03. The lowest BCUT2D eigenvalue weighted by molar-refractivity contribution is -0.142. The van der Waals surface area contributed by atoms with E-state index in [2.05, 4.69) is 4.98 Å². The molecule has 0 N–H and O–H groups in total. The SMILES string of the molecule is C[C@@H]1CN(C(=O)Cc2csc(-c3ccco3)n2)C[C@@H](C)O1. The van der Waals surface area contributed by atoms with Gasteiger partial charge in [-0.25, -0.2) is 4.98 Å². The van der Waals surface area contributed by atoms with Crippen LogP contribution in [0, 0.1) is 0 Å². The Kier molecular flexibility index (Phi) is 4.07. The number of hydrogen-bond donors (Lipinski definition) is 0. The minimum atomic E-state index is 0.0896. The maximum Gasteiger partial charge on any atom is 0.228 e. The van der Waals surface area contributed by atoms with E-state index in [1.54, 1.807) is 6.26 Å². The lowest BCUT2D eigenvalue weighted by Gasteiger charge is -2.35. The van der Waals surface area contributed by atoms with Gasteiger partial charge in [-0.3, -0.25) is 4.79 Å². The van der Waals surface area contributed by atoms with Crippen molar-refractivity contribution in [2.45, 2.75) is 32.5 Å². The molecule has 0 saturated carbocycles. The van der Waals surface area contributed by atoms with Gasteiger partial charge in [0.15, 0.2) is 10.8 Å². The summed E-state index contributed by atoms with van der Waals surface area (Å²) in [6, 6.07) is 3.70. The zero-order chi connectivity index (χ0) is 14.8. The Labute approximate surface area is 127 Å². The van der Waals surface area contributed by atoms with E-state index in [1.165, 1.54) is 11.3 Å². The summed E-state index contributed by atoms with van der Waals surface area (Å²) in [4.78, 5) is 18.7. The Morgan fingerprint density at radius 1 is 1.43 bits per heavy atom. The third kappa shape index (κ3) is 3.33. The lowest BCUT2D eigenvalue weighted by atomic mass is 10.2. The van der Waals surface area contributed by atoms with Crippen LogP contribution in [-0.4, -0.2) is 41.1 Å². The zero-order valence-corrected chi connectivity index (χ0v) is 12.9. The van der Waals surface area contributed by atoms with Gasteiger partial charge in [0.2, 0.25) is 5.91 Å². The van der Waals surface area contributed by atoms with Gasteiger partial charge < -0.3 is 14.1 Å². The number of hydrogen-bond acceptors (Lipinski definition) is 5. The van der Waals surface area contributed by atoms with Crippen molar-refractivity contribution in [3.63, 3.8) is 0 Å². The lowest BCUT2D eigenvalue weighted by Crippen LogP contribution is -2.48. The minimum absolute atomic E-state index is 0.0896. The molecule has 5 nitrogen and oxygen atoms in total. The van der Waals surface area contributed by atoms with Crippen LogP contribution in [0.4, 0.5) is 0 Å². The number of aromatic nitrogens is 1. The van der Waals surface area contributed by atoms with E-state index in [0.717, 1.165) is 16.5 Å². The monoisotopic (exact) mass is 306 g/mol. The van der Waals surface area contributed by atoms with Crippen LogP contribution in [0.2, 0.25) is 0 Å². The first-order valence-corrected chi connectivity index (χ1v) is 7.91. The van der Waals surface area contributed by atoms with Crippen molar-refractivity contribution in [3.8, 4) is 10.8 Å². The summed E-state index contributed by atoms with van der Waals surface area (Å²) in [6.07, 6.45) is 2.13. The summed E-state index contributed by atoms with van der Waals surface area (Å²) in [6.45, 7) is 5.29. The highest BCUT2D eigenvalue weighted by molar-refractivity contribution is 7.13. The Morgan fingerprint density at radius 2 is 2.19 bits per heavy atom. The Morgan fingerprint density at radius 3 is 2.86 bits per heavy atom. The van der Waals surface area contributed by atoms with Gasteiger partial charge in [0.25, 0.3) is 0 Å². The summed E-state index contributed by atoms with van der Waals surface area (Å²) < 4.78 is 11.0. The van der Waals surface area contributed by atoms with E-state index in [-0.39, 0.29) is 18.1 Å². The van der Waals surface area contributed by atoms with Gasteiger partial charge in [-0.05, 0) is 26.0 Å². The molecule has 2 aromatic heterocycles. The third-order valence-corrected chi connectivity index (χ3v) is 4.29. The third-order valence-electron chi connectivity index (χ3n) is 3.39. The molecule has 1 saturated heterocycles. The Hall–Kier alpha value is -1.66. The maximum absolute atomic E-state index is 12.4. The second kappa shape index (κ2) is 5.99. The van der Waals surface area contributed by atoms with Crippen LogP contribution in [0.5, 0.6) is 0 Å². The first kappa shape index (κ1) is 14.3. The largest absolute Gasteiger partial charge is 0.462 e. The number of rotatable bonds is 3. The van der Waals surface area contributed by atoms with Gasteiger partial charge in [0.05, 0.1) is 30.6 Å². The van der Waals surface area contributed by atoms with Crippen LogP contribution in [0.1, 0.15) is 19.5 Å². The van der Waals surface area contributed by atoms with Crippen molar-refractivity contribution in [3.05, 3.63) is 29.5 Å². The molecule has 0 aliphatic carbocycles. The molecule has 1 aliphatic heterocycles. The molecule has 1 amide bonds. The van der Waals surface area contributed by atoms with Crippen LogP contribution >= 0.6 is 11.3 Å². The molecule has 2 atom stereocenters. The summed E-state index contributed by atoms with van der Waals surface area (Å²) >= 11 is 1.50. The fraction of sp³-hybridized carbons (Fsp3) is 0.467. The molecular weight excluding hydrogens is 288 g/mol. The van der Waals surface area contributed by atoms with Gasteiger partial charge in [0, 0.05) is 18.5 Å². The van der Waals surface area contributed by atoms with Crippen molar-refractivity contribution in [2.24, 2.45) is 0 Å². The molecule has 1 fully saturated rings. The highest BCUT2D eigenvalue weighted by atomic mass is 32.1. The van der Waals surface area contributed by atoms with Gasteiger partial charge >= 0.3 is 0 Å². The van der Waals surface area contributed by atoms with Crippen LogP contribution in [0.15, 0.2) is 28.2 Å². The highest BCUT2D eigenvalue weighted by Gasteiger charge is 2.26. The number of nitrogens with zero attached hydrogens (tertiary/aromatic N) is 2. The molecule has 1 aliphatic rings. The average molecular weight is 306 g/mol. The van der Waals surface area contributed by atoms with Gasteiger partial charge in [-0.2, -0.15) is 0 Å². The molecule has 0 unspecified atom stereocenters. The molecule has 6 heteroatoms. The van der Waals surface area contributed by atoms with Gasteiger partial charge in [-0.1, -0.05) is 0 Å². The smallest absolute Gasteiger partial charge is 0.228 e. The normalized spacial score (nSPS) is 22.5. The fourth-order valence-corrected chi connectivity index (χ4v) is 3.34. The van der Waals surface area contributed by atoms with Gasteiger partial charge in [-0.15, -0.1) is 11.3 Å². The Balaban J connectivity index is 1.65. The van der Waals surface area contributed by atoms with E-state index in [0.29, 0.717) is 19.5 Å². The summed E-state index contributed by atoms with van der Waals surface area (Å²) in [5.41, 5.74) is 0.795. The molecule has 3 rings (SSSR count). The molecule has 21 heavy (non-hydrogen) atoms. The number of carbonyl (C=O) groups is 1. The van der Waals surface area contributed by atoms with Crippen LogP contribution in [-0.2, 0) is 16.0 Å². The molecule has 2 aromatic rings. The predicted molar refractivity (Wildman–Crippen MR) is 80.1 cm³/mol. The van der Waals surface area contributed by atoms with Crippen molar-refractivity contribution in [1.82, 2.24) is 9.88 Å². The number of amides is 1. The molecule has 112 valence electrons. The van der Waals surface area contributed by atoms with Crippen molar-refractivity contribution in [2.75, 3.05) is 13.1 Å². The summed E-state index contributed by atoms with van der Waals surface area (Å²) in [5.74, 6) is 0.848. The average Bonchev–Trinajstić information content (AvgIpc) is 3.07. The molecule has 0 aromatic carbocycles.